The maximum Gasteiger partial charge on any atom is 0.296 e. The summed E-state index contributed by atoms with van der Waals surface area (Å²) in [5.74, 6) is -0.643. The van der Waals surface area contributed by atoms with Gasteiger partial charge in [-0.3, -0.25) is 14.5 Å². The van der Waals surface area contributed by atoms with Crippen LogP contribution in [0.15, 0.2) is 76.1 Å². The second-order valence-electron chi connectivity index (χ2n) is 6.63. The highest BCUT2D eigenvalue weighted by atomic mass is 35.5. The van der Waals surface area contributed by atoms with Gasteiger partial charge in [-0.1, -0.05) is 35.9 Å². The zero-order valence-corrected chi connectivity index (χ0v) is 15.6. The lowest BCUT2D eigenvalue weighted by atomic mass is 9.98. The summed E-state index contributed by atoms with van der Waals surface area (Å²) in [6.45, 7) is 0. The van der Waals surface area contributed by atoms with E-state index < -0.39 is 17.8 Å². The Morgan fingerprint density at radius 1 is 1.00 bits per heavy atom. The number of benzene rings is 2. The molecule has 3 heterocycles. The Bertz CT molecular complexity index is 1320. The Morgan fingerprint density at radius 3 is 2.48 bits per heavy atom. The molecule has 0 radical (unpaired) electrons. The van der Waals surface area contributed by atoms with Crippen LogP contribution in [0.3, 0.4) is 0 Å². The standard InChI is InChI=1S/C22H12ClFN2O3/c23-13-7-10-17(25-11-13)26-19(12-5-8-14(24)9-6-12)18-20(27)15-3-1-2-4-16(15)29-21(18)22(26)28/h1-11,19H/t19-/m0/s1. The molecular weight excluding hydrogens is 395 g/mol. The topological polar surface area (TPSA) is 63.4 Å². The van der Waals surface area contributed by atoms with Crippen LogP contribution in [0.5, 0.6) is 0 Å². The predicted octanol–water partition coefficient (Wildman–Crippen LogP) is 4.73. The smallest absolute Gasteiger partial charge is 0.296 e. The van der Waals surface area contributed by atoms with Gasteiger partial charge in [-0.15, -0.1) is 0 Å². The van der Waals surface area contributed by atoms with Crippen LogP contribution in [0.1, 0.15) is 27.7 Å². The molecule has 2 aromatic carbocycles. The van der Waals surface area contributed by atoms with E-state index in [0.717, 1.165) is 0 Å². The van der Waals surface area contributed by atoms with Gasteiger partial charge in [0.15, 0.2) is 5.43 Å². The molecule has 0 fully saturated rings. The van der Waals surface area contributed by atoms with Gasteiger partial charge in [-0.2, -0.15) is 0 Å². The zero-order valence-electron chi connectivity index (χ0n) is 14.8. The predicted molar refractivity (Wildman–Crippen MR) is 107 cm³/mol. The molecule has 4 aromatic rings. The fourth-order valence-corrected chi connectivity index (χ4v) is 3.74. The number of para-hydroxylation sites is 1. The molecule has 2 aromatic heterocycles. The third kappa shape index (κ3) is 2.72. The lowest BCUT2D eigenvalue weighted by molar-refractivity contribution is 0.0970. The first-order valence-corrected chi connectivity index (χ1v) is 9.19. The van der Waals surface area contributed by atoms with Crippen LogP contribution in [0.2, 0.25) is 5.02 Å². The Kier molecular flexibility index (Phi) is 3.96. The number of anilines is 1. The monoisotopic (exact) mass is 406 g/mol. The van der Waals surface area contributed by atoms with Crippen molar-refractivity contribution in [1.29, 1.82) is 0 Å². The van der Waals surface area contributed by atoms with Crippen LogP contribution in [-0.2, 0) is 0 Å². The highest BCUT2D eigenvalue weighted by molar-refractivity contribution is 6.30. The van der Waals surface area contributed by atoms with Gasteiger partial charge < -0.3 is 4.42 Å². The van der Waals surface area contributed by atoms with Crippen LogP contribution >= 0.6 is 11.6 Å². The van der Waals surface area contributed by atoms with Crippen LogP contribution in [0.25, 0.3) is 11.0 Å². The highest BCUT2D eigenvalue weighted by Crippen LogP contribution is 2.40. The molecule has 1 aliphatic rings. The van der Waals surface area contributed by atoms with Crippen LogP contribution in [0, 0.1) is 5.82 Å². The number of carbonyl (C=O) groups is 1. The number of aromatic nitrogens is 1. The average Bonchev–Trinajstić information content (AvgIpc) is 3.02. The van der Waals surface area contributed by atoms with E-state index in [4.69, 9.17) is 16.0 Å². The molecule has 0 N–H and O–H groups in total. The molecule has 0 saturated carbocycles. The summed E-state index contributed by atoms with van der Waals surface area (Å²) in [5.41, 5.74) is 0.796. The van der Waals surface area contributed by atoms with E-state index in [-0.39, 0.29) is 16.8 Å². The average molecular weight is 407 g/mol. The van der Waals surface area contributed by atoms with Crippen molar-refractivity contribution in [1.82, 2.24) is 4.98 Å². The number of nitrogens with zero attached hydrogens (tertiary/aromatic N) is 2. The molecule has 1 amide bonds. The van der Waals surface area contributed by atoms with Gasteiger partial charge in [0.2, 0.25) is 5.76 Å². The normalized spacial score (nSPS) is 15.7. The van der Waals surface area contributed by atoms with Crippen molar-refractivity contribution in [2.24, 2.45) is 0 Å². The lowest BCUT2D eigenvalue weighted by Crippen LogP contribution is -2.30. The van der Waals surface area contributed by atoms with E-state index >= 15 is 0 Å². The van der Waals surface area contributed by atoms with Gasteiger partial charge in [0.25, 0.3) is 5.91 Å². The molecule has 0 saturated heterocycles. The minimum Gasteiger partial charge on any atom is -0.450 e. The molecule has 142 valence electrons. The van der Waals surface area contributed by atoms with Crippen LogP contribution < -0.4 is 10.3 Å². The lowest BCUT2D eigenvalue weighted by Gasteiger charge is -2.24. The quantitative estimate of drug-likeness (QED) is 0.482. The molecule has 0 bridgehead atoms. The number of rotatable bonds is 2. The molecule has 1 atom stereocenters. The summed E-state index contributed by atoms with van der Waals surface area (Å²) in [6, 6.07) is 14.8. The summed E-state index contributed by atoms with van der Waals surface area (Å²) in [6.07, 6.45) is 1.42. The van der Waals surface area contributed by atoms with Gasteiger partial charge in [-0.05, 0) is 42.0 Å². The van der Waals surface area contributed by atoms with Gasteiger partial charge in [0, 0.05) is 6.20 Å². The first-order chi connectivity index (χ1) is 14.0. The van der Waals surface area contributed by atoms with Gasteiger partial charge >= 0.3 is 0 Å². The number of hydrogen-bond acceptors (Lipinski definition) is 4. The van der Waals surface area contributed by atoms with Crippen LogP contribution in [0.4, 0.5) is 10.2 Å². The molecule has 5 nitrogen and oxygen atoms in total. The fourth-order valence-electron chi connectivity index (χ4n) is 3.63. The van der Waals surface area contributed by atoms with Crippen molar-refractivity contribution in [2.75, 3.05) is 4.90 Å². The van der Waals surface area contributed by atoms with Crippen molar-refractivity contribution >= 4 is 34.3 Å². The van der Waals surface area contributed by atoms with E-state index in [0.29, 0.717) is 27.4 Å². The number of amides is 1. The van der Waals surface area contributed by atoms with E-state index in [2.05, 4.69) is 4.98 Å². The number of halogens is 2. The highest BCUT2D eigenvalue weighted by Gasteiger charge is 2.44. The SMILES string of the molecule is O=C1c2oc3ccccc3c(=O)c2[C@H](c2ccc(F)cc2)N1c1ccc(Cl)cn1. The van der Waals surface area contributed by atoms with Crippen molar-refractivity contribution in [3.05, 3.63) is 105 Å². The third-order valence-corrected chi connectivity index (χ3v) is 5.15. The third-order valence-electron chi connectivity index (χ3n) is 4.92. The number of hydrogen-bond donors (Lipinski definition) is 0. The molecule has 29 heavy (non-hydrogen) atoms. The Balaban J connectivity index is 1.81. The molecule has 0 spiro atoms. The van der Waals surface area contributed by atoms with E-state index in [9.17, 15) is 14.0 Å². The second kappa shape index (κ2) is 6.53. The maximum absolute atomic E-state index is 13.5. The molecule has 1 aliphatic heterocycles. The number of pyridine rings is 1. The summed E-state index contributed by atoms with van der Waals surface area (Å²) in [5, 5.41) is 0.785. The molecule has 5 rings (SSSR count). The van der Waals surface area contributed by atoms with E-state index in [1.165, 1.54) is 23.2 Å². The molecule has 0 unspecified atom stereocenters. The first kappa shape index (κ1) is 17.6. The zero-order chi connectivity index (χ0) is 20.1. The largest absolute Gasteiger partial charge is 0.450 e. The maximum atomic E-state index is 13.5. The fraction of sp³-hybridized carbons (Fsp3) is 0.0455. The second-order valence-corrected chi connectivity index (χ2v) is 7.07. The van der Waals surface area contributed by atoms with Crippen molar-refractivity contribution in [2.45, 2.75) is 6.04 Å². The summed E-state index contributed by atoms with van der Waals surface area (Å²) >= 11 is 5.93. The number of carbonyl (C=O) groups excluding carboxylic acids is 1. The minimum atomic E-state index is -0.798. The Labute approximate surface area is 169 Å². The first-order valence-electron chi connectivity index (χ1n) is 8.81. The van der Waals surface area contributed by atoms with Crippen LogP contribution in [-0.4, -0.2) is 10.9 Å². The van der Waals surface area contributed by atoms with E-state index in [1.54, 1.807) is 48.5 Å². The Hall–Kier alpha value is -3.51. The summed E-state index contributed by atoms with van der Waals surface area (Å²) in [7, 11) is 0. The van der Waals surface area contributed by atoms with Gasteiger partial charge in [0.05, 0.1) is 22.0 Å². The van der Waals surface area contributed by atoms with Gasteiger partial charge in [0.1, 0.15) is 17.2 Å². The van der Waals surface area contributed by atoms with Crippen molar-refractivity contribution in [3.8, 4) is 0 Å². The molecule has 7 heteroatoms. The summed E-state index contributed by atoms with van der Waals surface area (Å²) < 4.78 is 19.3. The van der Waals surface area contributed by atoms with E-state index in [1.807, 2.05) is 0 Å². The van der Waals surface area contributed by atoms with Crippen molar-refractivity contribution in [3.63, 3.8) is 0 Å². The Morgan fingerprint density at radius 2 is 1.76 bits per heavy atom. The van der Waals surface area contributed by atoms with Gasteiger partial charge in [-0.25, -0.2) is 9.37 Å². The molecule has 0 aliphatic carbocycles. The molecular formula is C22H12ClFN2O3. The number of fused-ring (bicyclic) bond motifs is 2. The minimum absolute atomic E-state index is 0.0419. The van der Waals surface area contributed by atoms with Crippen molar-refractivity contribution < 1.29 is 13.6 Å². The summed E-state index contributed by atoms with van der Waals surface area (Å²) in [4.78, 5) is 32.2.